The summed E-state index contributed by atoms with van der Waals surface area (Å²) >= 11 is 0. The molecule has 7 nitrogen and oxygen atoms in total. The van der Waals surface area contributed by atoms with Gasteiger partial charge in [-0.1, -0.05) is 0 Å². The minimum Gasteiger partial charge on any atom is -0.356 e. The van der Waals surface area contributed by atoms with Gasteiger partial charge in [-0.15, -0.1) is 0 Å². The Labute approximate surface area is 124 Å². The molecule has 0 saturated carbocycles. The van der Waals surface area contributed by atoms with E-state index in [1.165, 1.54) is 4.90 Å². The first kappa shape index (κ1) is 15.3. The van der Waals surface area contributed by atoms with E-state index in [2.05, 4.69) is 10.3 Å². The Kier molecular flexibility index (Phi) is 4.82. The Balaban J connectivity index is 2.02. The van der Waals surface area contributed by atoms with Gasteiger partial charge in [0.05, 0.1) is 6.54 Å². The molecule has 0 unspecified atom stereocenters. The molecule has 1 aromatic rings. The van der Waals surface area contributed by atoms with E-state index in [0.29, 0.717) is 18.8 Å². The monoisotopic (exact) mass is 293 g/mol. The summed E-state index contributed by atoms with van der Waals surface area (Å²) < 4.78 is 1.94. The highest BCUT2D eigenvalue weighted by molar-refractivity contribution is 5.95. The van der Waals surface area contributed by atoms with E-state index in [1.54, 1.807) is 18.1 Å². The number of carbonyl (C=O) groups excluding carboxylic acids is 2. The summed E-state index contributed by atoms with van der Waals surface area (Å²) in [5, 5.41) is 3.16. The van der Waals surface area contributed by atoms with Crippen molar-refractivity contribution in [1.29, 1.82) is 0 Å². The van der Waals surface area contributed by atoms with Crippen molar-refractivity contribution >= 4 is 17.8 Å². The second-order valence-corrected chi connectivity index (χ2v) is 5.15. The number of nitrogens with one attached hydrogen (secondary N) is 1. The first-order valence-corrected chi connectivity index (χ1v) is 7.41. The lowest BCUT2D eigenvalue weighted by Gasteiger charge is -2.22. The summed E-state index contributed by atoms with van der Waals surface area (Å²) in [6.07, 6.45) is 2.77. The van der Waals surface area contributed by atoms with Gasteiger partial charge < -0.3 is 19.7 Å². The van der Waals surface area contributed by atoms with Crippen molar-refractivity contribution in [2.75, 3.05) is 38.5 Å². The number of rotatable bonds is 5. The molecule has 1 aromatic heterocycles. The van der Waals surface area contributed by atoms with E-state index in [9.17, 15) is 9.59 Å². The van der Waals surface area contributed by atoms with Crippen molar-refractivity contribution < 1.29 is 9.59 Å². The third-order valence-corrected chi connectivity index (χ3v) is 3.69. The quantitative estimate of drug-likeness (QED) is 0.865. The minimum atomic E-state index is -0.223. The summed E-state index contributed by atoms with van der Waals surface area (Å²) in [7, 11) is 1.63. The van der Waals surface area contributed by atoms with Crippen LogP contribution < -0.4 is 5.32 Å². The summed E-state index contributed by atoms with van der Waals surface area (Å²) in [4.78, 5) is 31.8. The second-order valence-electron chi connectivity index (χ2n) is 5.15. The summed E-state index contributed by atoms with van der Waals surface area (Å²) in [6, 6.07) is 0. The van der Waals surface area contributed by atoms with Crippen LogP contribution in [0.25, 0.3) is 0 Å². The van der Waals surface area contributed by atoms with Crippen molar-refractivity contribution in [3.63, 3.8) is 0 Å². The van der Waals surface area contributed by atoms with Crippen molar-refractivity contribution in [2.45, 2.75) is 26.8 Å². The molecule has 116 valence electrons. The highest BCUT2D eigenvalue weighted by Crippen LogP contribution is 2.15. The smallest absolute Gasteiger partial charge is 0.274 e. The number of anilines is 1. The first-order chi connectivity index (χ1) is 10.1. The van der Waals surface area contributed by atoms with Crippen LogP contribution in [0.5, 0.6) is 0 Å². The lowest BCUT2D eigenvalue weighted by molar-refractivity contribution is -0.131. The Bertz CT molecular complexity index is 498. The molecule has 0 spiro atoms. The summed E-state index contributed by atoms with van der Waals surface area (Å²) in [5.41, 5.74) is 0.384. The van der Waals surface area contributed by atoms with E-state index >= 15 is 0 Å². The third-order valence-electron chi connectivity index (χ3n) is 3.69. The zero-order valence-electron chi connectivity index (χ0n) is 12.9. The van der Waals surface area contributed by atoms with Crippen LogP contribution in [0.2, 0.25) is 0 Å². The van der Waals surface area contributed by atoms with Gasteiger partial charge in [0, 0.05) is 39.4 Å². The van der Waals surface area contributed by atoms with Crippen LogP contribution in [0.4, 0.5) is 5.95 Å². The van der Waals surface area contributed by atoms with E-state index < -0.39 is 0 Å². The largest absolute Gasteiger partial charge is 0.356 e. The van der Waals surface area contributed by atoms with E-state index in [4.69, 9.17) is 0 Å². The van der Waals surface area contributed by atoms with Crippen molar-refractivity contribution in [3.05, 3.63) is 11.9 Å². The number of aryl methyl sites for hydroxylation is 1. The average molecular weight is 293 g/mol. The van der Waals surface area contributed by atoms with Crippen LogP contribution in [0.3, 0.4) is 0 Å². The zero-order chi connectivity index (χ0) is 15.4. The maximum atomic E-state index is 12.3. The molecule has 0 fully saturated rings. The Hall–Kier alpha value is -2.05. The SMILES string of the molecule is CCN(CC)C(=O)CN(C)C(=O)c1cn2c(n1)NCCC2. The van der Waals surface area contributed by atoms with Gasteiger partial charge in [-0.2, -0.15) is 0 Å². The molecule has 2 rings (SSSR count). The number of hydrogen-bond acceptors (Lipinski definition) is 4. The maximum Gasteiger partial charge on any atom is 0.274 e. The molecule has 7 heteroatoms. The molecular formula is C14H23N5O2. The van der Waals surface area contributed by atoms with Crippen LogP contribution >= 0.6 is 0 Å². The highest BCUT2D eigenvalue weighted by atomic mass is 16.2. The number of carbonyl (C=O) groups is 2. The number of fused-ring (bicyclic) bond motifs is 1. The molecule has 21 heavy (non-hydrogen) atoms. The van der Waals surface area contributed by atoms with E-state index in [0.717, 1.165) is 25.5 Å². The van der Waals surface area contributed by atoms with Gasteiger partial charge in [0.2, 0.25) is 11.9 Å². The van der Waals surface area contributed by atoms with Gasteiger partial charge in [0.25, 0.3) is 5.91 Å². The molecular weight excluding hydrogens is 270 g/mol. The molecule has 0 bridgehead atoms. The minimum absolute atomic E-state index is 0.0436. The lowest BCUT2D eigenvalue weighted by atomic mass is 10.3. The summed E-state index contributed by atoms with van der Waals surface area (Å²) in [5.74, 6) is 0.463. The number of amides is 2. The van der Waals surface area contributed by atoms with Crippen molar-refractivity contribution in [3.8, 4) is 0 Å². The maximum absolute atomic E-state index is 12.3. The van der Waals surface area contributed by atoms with Crippen LogP contribution in [0.1, 0.15) is 30.8 Å². The molecule has 1 N–H and O–H groups in total. The number of aromatic nitrogens is 2. The van der Waals surface area contributed by atoms with Crippen LogP contribution in [-0.4, -0.2) is 64.4 Å². The standard InChI is InChI=1S/C14H23N5O2/c1-4-18(5-2)12(20)10-17(3)13(21)11-9-19-8-6-7-15-14(19)16-11/h9H,4-8,10H2,1-3H3,(H,15,16). The van der Waals surface area contributed by atoms with Crippen LogP contribution in [-0.2, 0) is 11.3 Å². The number of imidazole rings is 1. The fourth-order valence-corrected chi connectivity index (χ4v) is 2.43. The van der Waals surface area contributed by atoms with Crippen molar-refractivity contribution in [1.82, 2.24) is 19.4 Å². The van der Waals surface area contributed by atoms with Gasteiger partial charge >= 0.3 is 0 Å². The number of hydrogen-bond donors (Lipinski definition) is 1. The Morgan fingerprint density at radius 3 is 2.71 bits per heavy atom. The fourth-order valence-electron chi connectivity index (χ4n) is 2.43. The van der Waals surface area contributed by atoms with Crippen molar-refractivity contribution in [2.24, 2.45) is 0 Å². The lowest BCUT2D eigenvalue weighted by Crippen LogP contribution is -2.41. The van der Waals surface area contributed by atoms with Crippen LogP contribution in [0.15, 0.2) is 6.20 Å². The van der Waals surface area contributed by atoms with Gasteiger partial charge in [0.15, 0.2) is 0 Å². The molecule has 0 aromatic carbocycles. The van der Waals surface area contributed by atoms with E-state index in [-0.39, 0.29) is 18.4 Å². The predicted octanol–water partition coefficient (Wildman–Crippen LogP) is 0.639. The third kappa shape index (κ3) is 3.34. The van der Waals surface area contributed by atoms with Gasteiger partial charge in [-0.05, 0) is 20.3 Å². The Morgan fingerprint density at radius 1 is 1.38 bits per heavy atom. The number of nitrogens with zero attached hydrogens (tertiary/aromatic N) is 4. The molecule has 2 amide bonds. The van der Waals surface area contributed by atoms with Gasteiger partial charge in [-0.3, -0.25) is 9.59 Å². The van der Waals surface area contributed by atoms with Gasteiger partial charge in [0.1, 0.15) is 5.69 Å². The first-order valence-electron chi connectivity index (χ1n) is 7.41. The molecule has 0 atom stereocenters. The molecule has 0 aliphatic carbocycles. The zero-order valence-corrected chi connectivity index (χ0v) is 12.9. The molecule has 2 heterocycles. The molecule has 1 aliphatic rings. The van der Waals surface area contributed by atoms with Gasteiger partial charge in [-0.25, -0.2) is 4.98 Å². The number of likely N-dealkylation sites (N-methyl/N-ethyl adjacent to an activating group) is 2. The Morgan fingerprint density at radius 2 is 2.10 bits per heavy atom. The molecule has 0 saturated heterocycles. The second kappa shape index (κ2) is 6.60. The van der Waals surface area contributed by atoms with E-state index in [1.807, 2.05) is 18.4 Å². The average Bonchev–Trinajstić information content (AvgIpc) is 2.91. The highest BCUT2D eigenvalue weighted by Gasteiger charge is 2.22. The topological polar surface area (TPSA) is 70.5 Å². The predicted molar refractivity (Wildman–Crippen MR) is 80.2 cm³/mol. The fraction of sp³-hybridized carbons (Fsp3) is 0.643. The molecule has 0 radical (unpaired) electrons. The van der Waals surface area contributed by atoms with Crippen LogP contribution in [0, 0.1) is 0 Å². The normalized spacial score (nSPS) is 13.3. The summed E-state index contributed by atoms with van der Waals surface area (Å²) in [6.45, 7) is 6.98. The molecule has 1 aliphatic heterocycles.